The number of amides is 2. The van der Waals surface area contributed by atoms with E-state index in [4.69, 9.17) is 0 Å². The molecule has 1 aromatic rings. The average Bonchev–Trinajstić information content (AvgIpc) is 3.37. The van der Waals surface area contributed by atoms with E-state index in [0.29, 0.717) is 12.6 Å². The highest BCUT2D eigenvalue weighted by molar-refractivity contribution is 5.89. The third-order valence-corrected chi connectivity index (χ3v) is 5.94. The standard InChI is InChI=1S/C20H25N3O2/c24-19(22-12-16-7-3-4-10-21-16)17-13-8-9-14(11-13)18(17)20(25)23-15-5-1-2-6-15/h3-4,7-10,13-15,17-18H,1-2,5-6,11-12H2,(H,22,24)(H,23,25). The summed E-state index contributed by atoms with van der Waals surface area (Å²) in [5.41, 5.74) is 0.835. The molecule has 25 heavy (non-hydrogen) atoms. The SMILES string of the molecule is O=C(NCc1ccccn1)C1C2C=CC(C2)C1C(=O)NC1CCCC1. The monoisotopic (exact) mass is 339 g/mol. The fourth-order valence-electron chi connectivity index (χ4n) is 4.70. The first-order valence-electron chi connectivity index (χ1n) is 9.38. The third-order valence-electron chi connectivity index (χ3n) is 5.94. The van der Waals surface area contributed by atoms with Crippen LogP contribution in [0.25, 0.3) is 0 Å². The van der Waals surface area contributed by atoms with Crippen LogP contribution in [-0.4, -0.2) is 22.8 Å². The van der Waals surface area contributed by atoms with Crippen LogP contribution in [0.4, 0.5) is 0 Å². The number of carbonyl (C=O) groups is 2. The van der Waals surface area contributed by atoms with E-state index in [9.17, 15) is 9.59 Å². The Bertz CT molecular complexity index is 667. The summed E-state index contributed by atoms with van der Waals surface area (Å²) in [6.07, 6.45) is 11.4. The second-order valence-electron chi connectivity index (χ2n) is 7.53. The molecular weight excluding hydrogens is 314 g/mol. The molecule has 2 amide bonds. The summed E-state index contributed by atoms with van der Waals surface area (Å²) in [5, 5.41) is 6.19. The van der Waals surface area contributed by atoms with Crippen molar-refractivity contribution in [1.29, 1.82) is 0 Å². The van der Waals surface area contributed by atoms with Crippen LogP contribution < -0.4 is 10.6 Å². The molecular formula is C20H25N3O2. The number of nitrogens with one attached hydrogen (secondary N) is 2. The summed E-state index contributed by atoms with van der Waals surface area (Å²) in [6, 6.07) is 5.96. The molecule has 4 atom stereocenters. The number of hydrogen-bond donors (Lipinski definition) is 2. The zero-order valence-corrected chi connectivity index (χ0v) is 14.4. The second kappa shape index (κ2) is 6.98. The van der Waals surface area contributed by atoms with Crippen LogP contribution in [0, 0.1) is 23.7 Å². The fourth-order valence-corrected chi connectivity index (χ4v) is 4.70. The molecule has 5 heteroatoms. The molecule has 3 aliphatic carbocycles. The van der Waals surface area contributed by atoms with Crippen molar-refractivity contribution < 1.29 is 9.59 Å². The summed E-state index contributed by atoms with van der Waals surface area (Å²) in [6.45, 7) is 0.411. The van der Waals surface area contributed by atoms with E-state index in [-0.39, 0.29) is 35.5 Å². The van der Waals surface area contributed by atoms with Crippen LogP contribution in [0.3, 0.4) is 0 Å². The van der Waals surface area contributed by atoms with Gasteiger partial charge in [-0.2, -0.15) is 0 Å². The topological polar surface area (TPSA) is 71.1 Å². The molecule has 1 aromatic heterocycles. The molecule has 2 bridgehead atoms. The quantitative estimate of drug-likeness (QED) is 0.808. The Morgan fingerprint density at radius 3 is 2.44 bits per heavy atom. The van der Waals surface area contributed by atoms with E-state index in [2.05, 4.69) is 27.8 Å². The Balaban J connectivity index is 1.42. The number of hydrogen-bond acceptors (Lipinski definition) is 3. The van der Waals surface area contributed by atoms with Crippen LogP contribution in [0.15, 0.2) is 36.5 Å². The van der Waals surface area contributed by atoms with E-state index in [1.165, 1.54) is 12.8 Å². The Labute approximate surface area is 148 Å². The minimum absolute atomic E-state index is 0.0194. The van der Waals surface area contributed by atoms with Gasteiger partial charge in [0, 0.05) is 12.2 Å². The molecule has 5 nitrogen and oxygen atoms in total. The Hall–Kier alpha value is -2.17. The highest BCUT2D eigenvalue weighted by Gasteiger charge is 2.51. The van der Waals surface area contributed by atoms with Gasteiger partial charge < -0.3 is 10.6 Å². The number of rotatable bonds is 5. The van der Waals surface area contributed by atoms with Gasteiger partial charge in [0.05, 0.1) is 24.1 Å². The lowest BCUT2D eigenvalue weighted by Gasteiger charge is -2.27. The van der Waals surface area contributed by atoms with E-state index >= 15 is 0 Å². The molecule has 2 fully saturated rings. The third kappa shape index (κ3) is 3.32. The lowest BCUT2D eigenvalue weighted by Crippen LogP contribution is -2.46. The maximum atomic E-state index is 12.8. The largest absolute Gasteiger partial charge is 0.353 e. The zero-order chi connectivity index (χ0) is 17.2. The van der Waals surface area contributed by atoms with Crippen molar-refractivity contribution in [3.63, 3.8) is 0 Å². The van der Waals surface area contributed by atoms with Gasteiger partial charge in [0.25, 0.3) is 0 Å². The van der Waals surface area contributed by atoms with Gasteiger partial charge in [-0.3, -0.25) is 14.6 Å². The molecule has 2 saturated carbocycles. The van der Waals surface area contributed by atoms with Crippen molar-refractivity contribution in [3.05, 3.63) is 42.2 Å². The summed E-state index contributed by atoms with van der Waals surface area (Å²) in [4.78, 5) is 29.9. The molecule has 0 radical (unpaired) electrons. The number of pyridine rings is 1. The smallest absolute Gasteiger partial charge is 0.224 e. The average molecular weight is 339 g/mol. The molecule has 1 heterocycles. The van der Waals surface area contributed by atoms with Crippen molar-refractivity contribution in [2.45, 2.75) is 44.7 Å². The Morgan fingerprint density at radius 2 is 1.76 bits per heavy atom. The fraction of sp³-hybridized carbons (Fsp3) is 0.550. The van der Waals surface area contributed by atoms with E-state index in [1.807, 2.05) is 18.2 Å². The van der Waals surface area contributed by atoms with Crippen LogP contribution >= 0.6 is 0 Å². The van der Waals surface area contributed by atoms with Crippen molar-refractivity contribution >= 4 is 11.8 Å². The maximum Gasteiger partial charge on any atom is 0.224 e. The van der Waals surface area contributed by atoms with Crippen LogP contribution in [0.2, 0.25) is 0 Å². The molecule has 4 rings (SSSR count). The first-order valence-corrected chi connectivity index (χ1v) is 9.38. The molecule has 0 aliphatic heterocycles. The van der Waals surface area contributed by atoms with Gasteiger partial charge in [0.1, 0.15) is 0 Å². The Kier molecular flexibility index (Phi) is 4.55. The minimum atomic E-state index is -0.250. The summed E-state index contributed by atoms with van der Waals surface area (Å²) >= 11 is 0. The number of allylic oxidation sites excluding steroid dienone is 2. The molecule has 132 valence electrons. The zero-order valence-electron chi connectivity index (χ0n) is 14.4. The predicted octanol–water partition coefficient (Wildman–Crippen LogP) is 2.19. The molecule has 0 aromatic carbocycles. The van der Waals surface area contributed by atoms with Crippen molar-refractivity contribution in [3.8, 4) is 0 Å². The number of fused-ring (bicyclic) bond motifs is 2. The van der Waals surface area contributed by atoms with Gasteiger partial charge in [0.15, 0.2) is 0 Å². The second-order valence-corrected chi connectivity index (χ2v) is 7.53. The lowest BCUT2D eigenvalue weighted by molar-refractivity contribution is -0.135. The van der Waals surface area contributed by atoms with Crippen molar-refractivity contribution in [2.24, 2.45) is 23.7 Å². The summed E-state index contributed by atoms with van der Waals surface area (Å²) < 4.78 is 0. The van der Waals surface area contributed by atoms with Crippen molar-refractivity contribution in [1.82, 2.24) is 15.6 Å². The van der Waals surface area contributed by atoms with Crippen LogP contribution in [-0.2, 0) is 16.1 Å². The molecule has 0 saturated heterocycles. The van der Waals surface area contributed by atoms with Gasteiger partial charge in [-0.05, 0) is 43.2 Å². The van der Waals surface area contributed by atoms with Crippen molar-refractivity contribution in [2.75, 3.05) is 0 Å². The van der Waals surface area contributed by atoms with Crippen LogP contribution in [0.1, 0.15) is 37.8 Å². The minimum Gasteiger partial charge on any atom is -0.353 e. The summed E-state index contributed by atoms with van der Waals surface area (Å²) in [7, 11) is 0. The van der Waals surface area contributed by atoms with E-state index < -0.39 is 0 Å². The molecule has 0 spiro atoms. The van der Waals surface area contributed by atoms with Gasteiger partial charge >= 0.3 is 0 Å². The van der Waals surface area contributed by atoms with E-state index in [0.717, 1.165) is 25.0 Å². The summed E-state index contributed by atoms with van der Waals surface area (Å²) in [5.74, 6) is -0.0275. The first-order chi connectivity index (χ1) is 12.2. The Morgan fingerprint density at radius 1 is 1.04 bits per heavy atom. The highest BCUT2D eigenvalue weighted by atomic mass is 16.2. The molecule has 3 aliphatic rings. The van der Waals surface area contributed by atoms with Gasteiger partial charge in [-0.1, -0.05) is 31.1 Å². The van der Waals surface area contributed by atoms with Gasteiger partial charge in [-0.25, -0.2) is 0 Å². The van der Waals surface area contributed by atoms with Crippen LogP contribution in [0.5, 0.6) is 0 Å². The highest BCUT2D eigenvalue weighted by Crippen LogP contribution is 2.48. The normalized spacial score (nSPS) is 30.6. The van der Waals surface area contributed by atoms with Gasteiger partial charge in [0.2, 0.25) is 11.8 Å². The maximum absolute atomic E-state index is 12.8. The molecule has 4 unspecified atom stereocenters. The molecule has 2 N–H and O–H groups in total. The van der Waals surface area contributed by atoms with E-state index in [1.54, 1.807) is 6.20 Å². The predicted molar refractivity (Wildman–Crippen MR) is 94.2 cm³/mol. The number of aromatic nitrogens is 1. The van der Waals surface area contributed by atoms with Gasteiger partial charge in [-0.15, -0.1) is 0 Å². The first kappa shape index (κ1) is 16.3. The number of carbonyl (C=O) groups excluding carboxylic acids is 2. The lowest BCUT2D eigenvalue weighted by atomic mass is 9.81. The number of nitrogens with zero attached hydrogens (tertiary/aromatic N) is 1.